The number of amides is 2. The first kappa shape index (κ1) is 18.8. The van der Waals surface area contributed by atoms with Gasteiger partial charge in [-0.25, -0.2) is 0 Å². The molecule has 2 amide bonds. The SMILES string of the molecule is CCN(C)C(=O)c1cccc(OCC(=O)Nc2ccc(C)cc2Cl)c1. The molecule has 0 fully saturated rings. The molecule has 0 unspecified atom stereocenters. The number of nitrogens with one attached hydrogen (secondary N) is 1. The summed E-state index contributed by atoms with van der Waals surface area (Å²) in [7, 11) is 1.73. The summed E-state index contributed by atoms with van der Waals surface area (Å²) in [5.74, 6) is 0.0394. The molecule has 5 nitrogen and oxygen atoms in total. The van der Waals surface area contributed by atoms with E-state index < -0.39 is 0 Å². The lowest BCUT2D eigenvalue weighted by atomic mass is 10.2. The summed E-state index contributed by atoms with van der Waals surface area (Å²) < 4.78 is 5.48. The molecule has 0 atom stereocenters. The topological polar surface area (TPSA) is 58.6 Å². The normalized spacial score (nSPS) is 10.2. The van der Waals surface area contributed by atoms with Gasteiger partial charge in [0.2, 0.25) is 0 Å². The van der Waals surface area contributed by atoms with Gasteiger partial charge < -0.3 is 15.0 Å². The second-order valence-corrected chi connectivity index (χ2v) is 6.07. The van der Waals surface area contributed by atoms with Crippen LogP contribution in [0.25, 0.3) is 0 Å². The second-order valence-electron chi connectivity index (χ2n) is 5.67. The number of ether oxygens (including phenoxy) is 1. The summed E-state index contributed by atoms with van der Waals surface area (Å²) in [6.07, 6.45) is 0. The summed E-state index contributed by atoms with van der Waals surface area (Å²) in [5.41, 5.74) is 2.07. The molecular weight excluding hydrogens is 340 g/mol. The highest BCUT2D eigenvalue weighted by molar-refractivity contribution is 6.33. The van der Waals surface area contributed by atoms with Gasteiger partial charge in [0.15, 0.2) is 6.61 Å². The number of anilines is 1. The Hall–Kier alpha value is -2.53. The first-order chi connectivity index (χ1) is 11.9. The maximum absolute atomic E-state index is 12.1. The lowest BCUT2D eigenvalue weighted by Gasteiger charge is -2.15. The summed E-state index contributed by atoms with van der Waals surface area (Å²) in [5, 5.41) is 3.18. The van der Waals surface area contributed by atoms with Crippen molar-refractivity contribution >= 4 is 29.1 Å². The molecule has 2 aromatic carbocycles. The van der Waals surface area contributed by atoms with Gasteiger partial charge in [0.05, 0.1) is 10.7 Å². The molecule has 1 N–H and O–H groups in total. The number of carbonyl (C=O) groups is 2. The number of benzene rings is 2. The Bertz CT molecular complexity index is 777. The van der Waals surface area contributed by atoms with E-state index >= 15 is 0 Å². The van der Waals surface area contributed by atoms with Gasteiger partial charge in [-0.2, -0.15) is 0 Å². The predicted octanol–water partition coefficient (Wildman–Crippen LogP) is 3.76. The highest BCUT2D eigenvalue weighted by Gasteiger charge is 2.12. The molecule has 0 aromatic heterocycles. The summed E-state index contributed by atoms with van der Waals surface area (Å²) in [6, 6.07) is 12.2. The molecule has 0 heterocycles. The van der Waals surface area contributed by atoms with Gasteiger partial charge in [-0.15, -0.1) is 0 Å². The van der Waals surface area contributed by atoms with Crippen LogP contribution in [-0.2, 0) is 4.79 Å². The highest BCUT2D eigenvalue weighted by atomic mass is 35.5. The van der Waals surface area contributed by atoms with Crippen molar-refractivity contribution in [3.8, 4) is 5.75 Å². The van der Waals surface area contributed by atoms with Gasteiger partial charge >= 0.3 is 0 Å². The Morgan fingerprint density at radius 1 is 1.20 bits per heavy atom. The molecule has 0 bridgehead atoms. The van der Waals surface area contributed by atoms with E-state index in [2.05, 4.69) is 5.32 Å². The molecule has 2 rings (SSSR count). The molecular formula is C19H21ClN2O3. The Morgan fingerprint density at radius 2 is 1.96 bits per heavy atom. The first-order valence-electron chi connectivity index (χ1n) is 7.95. The van der Waals surface area contributed by atoms with Crippen LogP contribution in [0, 0.1) is 6.92 Å². The number of halogens is 1. The zero-order chi connectivity index (χ0) is 18.4. The number of carbonyl (C=O) groups excluding carboxylic acids is 2. The van der Waals surface area contributed by atoms with E-state index in [0.717, 1.165) is 5.56 Å². The van der Waals surface area contributed by atoms with Crippen molar-refractivity contribution < 1.29 is 14.3 Å². The van der Waals surface area contributed by atoms with Crippen molar-refractivity contribution in [1.82, 2.24) is 4.90 Å². The van der Waals surface area contributed by atoms with Crippen LogP contribution < -0.4 is 10.1 Å². The van der Waals surface area contributed by atoms with Crippen molar-refractivity contribution in [2.75, 3.05) is 25.5 Å². The van der Waals surface area contributed by atoms with E-state index in [1.54, 1.807) is 48.3 Å². The summed E-state index contributed by atoms with van der Waals surface area (Å²) >= 11 is 6.09. The van der Waals surface area contributed by atoms with E-state index in [4.69, 9.17) is 16.3 Å². The maximum atomic E-state index is 12.1. The van der Waals surface area contributed by atoms with E-state index in [1.807, 2.05) is 19.9 Å². The number of aryl methyl sites for hydroxylation is 1. The molecule has 0 aliphatic heterocycles. The average Bonchev–Trinajstić information content (AvgIpc) is 2.61. The van der Waals surface area contributed by atoms with Gasteiger partial charge in [-0.1, -0.05) is 23.7 Å². The minimum atomic E-state index is -0.326. The minimum Gasteiger partial charge on any atom is -0.484 e. The molecule has 0 saturated heterocycles. The monoisotopic (exact) mass is 360 g/mol. The zero-order valence-electron chi connectivity index (χ0n) is 14.5. The van der Waals surface area contributed by atoms with Crippen LogP contribution in [0.1, 0.15) is 22.8 Å². The van der Waals surface area contributed by atoms with Crippen molar-refractivity contribution in [3.63, 3.8) is 0 Å². The number of rotatable bonds is 6. The van der Waals surface area contributed by atoms with Crippen LogP contribution in [0.15, 0.2) is 42.5 Å². The summed E-state index contributed by atoms with van der Waals surface area (Å²) in [6.45, 7) is 4.26. The largest absolute Gasteiger partial charge is 0.484 e. The molecule has 0 aliphatic rings. The average molecular weight is 361 g/mol. The smallest absolute Gasteiger partial charge is 0.262 e. The molecule has 0 saturated carbocycles. The molecule has 132 valence electrons. The summed E-state index contributed by atoms with van der Waals surface area (Å²) in [4.78, 5) is 25.8. The van der Waals surface area contributed by atoms with E-state index in [1.165, 1.54) is 0 Å². The number of nitrogens with zero attached hydrogens (tertiary/aromatic N) is 1. The quantitative estimate of drug-likeness (QED) is 0.853. The Morgan fingerprint density at radius 3 is 2.64 bits per heavy atom. The molecule has 0 spiro atoms. The van der Waals surface area contributed by atoms with Crippen molar-refractivity contribution in [3.05, 3.63) is 58.6 Å². The molecule has 2 aromatic rings. The third-order valence-electron chi connectivity index (χ3n) is 3.67. The number of hydrogen-bond donors (Lipinski definition) is 1. The van der Waals surface area contributed by atoms with Crippen LogP contribution in [-0.4, -0.2) is 36.9 Å². The molecule has 6 heteroatoms. The van der Waals surface area contributed by atoms with E-state index in [0.29, 0.717) is 28.6 Å². The fraction of sp³-hybridized carbons (Fsp3) is 0.263. The zero-order valence-corrected chi connectivity index (χ0v) is 15.3. The fourth-order valence-corrected chi connectivity index (χ4v) is 2.42. The van der Waals surface area contributed by atoms with Crippen molar-refractivity contribution in [1.29, 1.82) is 0 Å². The van der Waals surface area contributed by atoms with E-state index in [9.17, 15) is 9.59 Å². The van der Waals surface area contributed by atoms with Crippen LogP contribution in [0.5, 0.6) is 5.75 Å². The molecule has 0 aliphatic carbocycles. The van der Waals surface area contributed by atoms with Crippen LogP contribution in [0.4, 0.5) is 5.69 Å². The van der Waals surface area contributed by atoms with Crippen molar-refractivity contribution in [2.45, 2.75) is 13.8 Å². The van der Waals surface area contributed by atoms with Crippen LogP contribution in [0.3, 0.4) is 0 Å². The Balaban J connectivity index is 1.96. The highest BCUT2D eigenvalue weighted by Crippen LogP contribution is 2.22. The van der Waals surface area contributed by atoms with Gasteiger partial charge in [0.1, 0.15) is 5.75 Å². The first-order valence-corrected chi connectivity index (χ1v) is 8.33. The predicted molar refractivity (Wildman–Crippen MR) is 99.4 cm³/mol. The standard InChI is InChI=1S/C19H21ClN2O3/c1-4-22(3)19(24)14-6-5-7-15(11-14)25-12-18(23)21-17-9-8-13(2)10-16(17)20/h5-11H,4,12H2,1-3H3,(H,21,23). The molecule has 25 heavy (non-hydrogen) atoms. The second kappa shape index (κ2) is 8.53. The van der Waals surface area contributed by atoms with E-state index in [-0.39, 0.29) is 18.4 Å². The Labute approximate surface area is 152 Å². The minimum absolute atomic E-state index is 0.0937. The lowest BCUT2D eigenvalue weighted by Crippen LogP contribution is -2.26. The maximum Gasteiger partial charge on any atom is 0.262 e. The van der Waals surface area contributed by atoms with Gasteiger partial charge in [-0.3, -0.25) is 9.59 Å². The third-order valence-corrected chi connectivity index (χ3v) is 3.98. The van der Waals surface area contributed by atoms with Gasteiger partial charge in [-0.05, 0) is 49.7 Å². The third kappa shape index (κ3) is 5.22. The van der Waals surface area contributed by atoms with Crippen molar-refractivity contribution in [2.24, 2.45) is 0 Å². The Kier molecular flexibility index (Phi) is 6.42. The van der Waals surface area contributed by atoms with Crippen LogP contribution >= 0.6 is 11.6 Å². The number of hydrogen-bond acceptors (Lipinski definition) is 3. The fourth-order valence-electron chi connectivity index (χ4n) is 2.14. The molecule has 0 radical (unpaired) electrons. The van der Waals surface area contributed by atoms with Gasteiger partial charge in [0.25, 0.3) is 11.8 Å². The van der Waals surface area contributed by atoms with Gasteiger partial charge in [0, 0.05) is 19.2 Å². The van der Waals surface area contributed by atoms with Crippen LogP contribution in [0.2, 0.25) is 5.02 Å². The lowest BCUT2D eigenvalue weighted by molar-refractivity contribution is -0.118.